The van der Waals surface area contributed by atoms with Gasteiger partial charge in [-0.3, -0.25) is 9.79 Å². The number of carbonyl (C=O) groups excluding carboxylic acids is 1. The van der Waals surface area contributed by atoms with Crippen molar-refractivity contribution in [1.29, 1.82) is 0 Å². The van der Waals surface area contributed by atoms with Crippen molar-refractivity contribution in [1.82, 2.24) is 5.32 Å². The van der Waals surface area contributed by atoms with Crippen LogP contribution in [0.15, 0.2) is 53.5 Å². The Balaban J connectivity index is 1.80. The molecule has 0 aliphatic carbocycles. The molecule has 0 heterocycles. The maximum Gasteiger partial charge on any atom is 0.251 e. The van der Waals surface area contributed by atoms with Gasteiger partial charge in [0.1, 0.15) is 0 Å². The first-order valence-electron chi connectivity index (χ1n) is 8.16. The number of guanidine groups is 1. The summed E-state index contributed by atoms with van der Waals surface area (Å²) in [5.74, 6) is 0.604. The van der Waals surface area contributed by atoms with Crippen LogP contribution in [0.5, 0.6) is 0 Å². The van der Waals surface area contributed by atoms with Crippen molar-refractivity contribution in [2.24, 2.45) is 10.7 Å². The summed E-state index contributed by atoms with van der Waals surface area (Å²) in [6.45, 7) is 5.07. The van der Waals surface area contributed by atoms with Crippen LogP contribution in [0.1, 0.15) is 35.7 Å². The van der Waals surface area contributed by atoms with Crippen LogP contribution in [0.25, 0.3) is 0 Å². The van der Waals surface area contributed by atoms with Crippen LogP contribution in [-0.2, 0) is 0 Å². The normalized spacial score (nSPS) is 11.4. The van der Waals surface area contributed by atoms with Crippen LogP contribution in [0.3, 0.4) is 0 Å². The lowest BCUT2D eigenvalue weighted by molar-refractivity contribution is 0.0955. The lowest BCUT2D eigenvalue weighted by atomic mass is 10.0. The van der Waals surface area contributed by atoms with Crippen molar-refractivity contribution in [2.45, 2.75) is 19.8 Å². The number of benzene rings is 2. The molecule has 2 aromatic rings. The molecule has 2 aromatic carbocycles. The Bertz CT molecular complexity index is 741. The number of carbonyl (C=O) groups is 1. The third kappa shape index (κ3) is 6.12. The Morgan fingerprint density at radius 2 is 1.92 bits per heavy atom. The fourth-order valence-electron chi connectivity index (χ4n) is 2.21. The topological polar surface area (TPSA) is 79.5 Å². The monoisotopic (exact) mass is 358 g/mol. The Hall–Kier alpha value is -2.53. The predicted molar refractivity (Wildman–Crippen MR) is 104 cm³/mol. The largest absolute Gasteiger partial charge is 0.370 e. The number of nitrogens with one attached hydrogen (secondary N) is 2. The van der Waals surface area contributed by atoms with Gasteiger partial charge < -0.3 is 16.4 Å². The van der Waals surface area contributed by atoms with Crippen LogP contribution in [0.4, 0.5) is 5.69 Å². The van der Waals surface area contributed by atoms with Crippen LogP contribution in [0, 0.1) is 0 Å². The van der Waals surface area contributed by atoms with Crippen LogP contribution in [-0.4, -0.2) is 25.0 Å². The van der Waals surface area contributed by atoms with E-state index < -0.39 is 0 Å². The predicted octanol–water partition coefficient (Wildman–Crippen LogP) is 3.62. The summed E-state index contributed by atoms with van der Waals surface area (Å²) in [6.07, 6.45) is 0. The van der Waals surface area contributed by atoms with E-state index in [4.69, 9.17) is 17.3 Å². The minimum Gasteiger partial charge on any atom is -0.370 e. The first kappa shape index (κ1) is 18.8. The van der Waals surface area contributed by atoms with E-state index in [0.717, 1.165) is 5.69 Å². The third-order valence-corrected chi connectivity index (χ3v) is 3.86. The molecule has 0 aliphatic heterocycles. The van der Waals surface area contributed by atoms with Gasteiger partial charge in [-0.25, -0.2) is 0 Å². The molecule has 0 fully saturated rings. The van der Waals surface area contributed by atoms with Gasteiger partial charge in [-0.2, -0.15) is 0 Å². The molecular formula is C19H23ClN4O. The van der Waals surface area contributed by atoms with Crippen molar-refractivity contribution in [3.05, 3.63) is 64.7 Å². The summed E-state index contributed by atoms with van der Waals surface area (Å²) in [4.78, 5) is 16.2. The minimum absolute atomic E-state index is 0.164. The Labute approximate surface area is 153 Å². The van der Waals surface area contributed by atoms with Crippen molar-refractivity contribution < 1.29 is 4.79 Å². The SMILES string of the molecule is CC(C)c1cccc(NC(N)=NCCNC(=O)c2ccc(Cl)cc2)c1. The molecule has 0 saturated carbocycles. The summed E-state index contributed by atoms with van der Waals surface area (Å²) < 4.78 is 0. The lowest BCUT2D eigenvalue weighted by Crippen LogP contribution is -2.28. The molecular weight excluding hydrogens is 336 g/mol. The second-order valence-corrected chi connectivity index (χ2v) is 6.37. The molecule has 2 rings (SSSR count). The van der Waals surface area contributed by atoms with Gasteiger partial charge in [0.2, 0.25) is 0 Å². The van der Waals surface area contributed by atoms with E-state index in [0.29, 0.717) is 35.6 Å². The zero-order chi connectivity index (χ0) is 18.2. The number of halogens is 1. The molecule has 5 nitrogen and oxygen atoms in total. The highest BCUT2D eigenvalue weighted by molar-refractivity contribution is 6.30. The van der Waals surface area contributed by atoms with Crippen LogP contribution < -0.4 is 16.4 Å². The van der Waals surface area contributed by atoms with Gasteiger partial charge in [0.25, 0.3) is 5.91 Å². The Kier molecular flexibility index (Phi) is 6.83. The molecule has 0 unspecified atom stereocenters. The Morgan fingerprint density at radius 3 is 2.60 bits per heavy atom. The molecule has 0 aromatic heterocycles. The van der Waals surface area contributed by atoms with Crippen molar-refractivity contribution >= 4 is 29.2 Å². The van der Waals surface area contributed by atoms with Crippen molar-refractivity contribution in [2.75, 3.05) is 18.4 Å². The number of hydrogen-bond acceptors (Lipinski definition) is 2. The maximum atomic E-state index is 11.9. The lowest BCUT2D eigenvalue weighted by Gasteiger charge is -2.10. The van der Waals surface area contributed by atoms with Gasteiger partial charge in [-0.15, -0.1) is 0 Å². The zero-order valence-electron chi connectivity index (χ0n) is 14.4. The first-order valence-corrected chi connectivity index (χ1v) is 8.54. The number of nitrogens with zero attached hydrogens (tertiary/aromatic N) is 1. The van der Waals surface area contributed by atoms with Gasteiger partial charge in [0, 0.05) is 22.8 Å². The number of anilines is 1. The molecule has 0 radical (unpaired) electrons. The molecule has 25 heavy (non-hydrogen) atoms. The number of rotatable bonds is 6. The van der Waals surface area contributed by atoms with Crippen LogP contribution >= 0.6 is 11.6 Å². The molecule has 0 spiro atoms. The Morgan fingerprint density at radius 1 is 1.20 bits per heavy atom. The standard InChI is InChI=1S/C19H23ClN4O/c1-13(2)15-4-3-5-17(12-15)24-19(21)23-11-10-22-18(25)14-6-8-16(20)9-7-14/h3-9,12-13H,10-11H2,1-2H3,(H,22,25)(H3,21,23,24). The van der Waals surface area contributed by atoms with E-state index in [1.165, 1.54) is 5.56 Å². The van der Waals surface area contributed by atoms with E-state index in [-0.39, 0.29) is 5.91 Å². The molecule has 6 heteroatoms. The van der Waals surface area contributed by atoms with E-state index >= 15 is 0 Å². The van der Waals surface area contributed by atoms with Crippen molar-refractivity contribution in [3.8, 4) is 0 Å². The average Bonchev–Trinajstić information content (AvgIpc) is 2.59. The van der Waals surface area contributed by atoms with Gasteiger partial charge in [0.05, 0.1) is 6.54 Å². The minimum atomic E-state index is -0.164. The average molecular weight is 359 g/mol. The highest BCUT2D eigenvalue weighted by atomic mass is 35.5. The van der Waals surface area contributed by atoms with E-state index in [9.17, 15) is 4.79 Å². The van der Waals surface area contributed by atoms with E-state index in [2.05, 4.69) is 41.6 Å². The number of aliphatic imine (C=N–C) groups is 1. The smallest absolute Gasteiger partial charge is 0.251 e. The molecule has 1 amide bonds. The number of nitrogens with two attached hydrogens (primary N) is 1. The van der Waals surface area contributed by atoms with Crippen LogP contribution in [0.2, 0.25) is 5.02 Å². The molecule has 4 N–H and O–H groups in total. The molecule has 0 bridgehead atoms. The summed E-state index contributed by atoms with van der Waals surface area (Å²) in [5.41, 5.74) is 8.58. The van der Waals surface area contributed by atoms with E-state index in [1.54, 1.807) is 24.3 Å². The second kappa shape index (κ2) is 9.08. The van der Waals surface area contributed by atoms with E-state index in [1.807, 2.05) is 12.1 Å². The highest BCUT2D eigenvalue weighted by Crippen LogP contribution is 2.18. The summed E-state index contributed by atoms with van der Waals surface area (Å²) in [5, 5.41) is 6.45. The second-order valence-electron chi connectivity index (χ2n) is 5.93. The molecule has 0 atom stereocenters. The van der Waals surface area contributed by atoms with Gasteiger partial charge in [0.15, 0.2) is 5.96 Å². The molecule has 132 valence electrons. The third-order valence-electron chi connectivity index (χ3n) is 3.61. The highest BCUT2D eigenvalue weighted by Gasteiger charge is 2.04. The summed E-state index contributed by atoms with van der Waals surface area (Å²) in [6, 6.07) is 14.8. The zero-order valence-corrected chi connectivity index (χ0v) is 15.2. The van der Waals surface area contributed by atoms with Crippen molar-refractivity contribution in [3.63, 3.8) is 0 Å². The number of amides is 1. The fraction of sp³-hybridized carbons (Fsp3) is 0.263. The summed E-state index contributed by atoms with van der Waals surface area (Å²) >= 11 is 5.80. The molecule has 0 saturated heterocycles. The van der Waals surface area contributed by atoms with Gasteiger partial charge >= 0.3 is 0 Å². The summed E-state index contributed by atoms with van der Waals surface area (Å²) in [7, 11) is 0. The number of hydrogen-bond donors (Lipinski definition) is 3. The quantitative estimate of drug-likeness (QED) is 0.419. The molecule has 0 aliphatic rings. The first-order chi connectivity index (χ1) is 12.0. The fourth-order valence-corrected chi connectivity index (χ4v) is 2.34. The van der Waals surface area contributed by atoms with Gasteiger partial charge in [-0.1, -0.05) is 37.6 Å². The maximum absolute atomic E-state index is 11.9. The van der Waals surface area contributed by atoms with Gasteiger partial charge in [-0.05, 0) is 47.9 Å².